The molecule has 92 valence electrons. The maximum atomic E-state index is 11.1. The number of hydrogen-bond donors (Lipinski definition) is 4. The number of carboxylic acid groups (broad SMARTS) is 1. The third-order valence-corrected chi connectivity index (χ3v) is 1.71. The molecule has 0 unspecified atom stereocenters. The Morgan fingerprint density at radius 3 is 2.25 bits per heavy atom. The quantitative estimate of drug-likeness (QED) is 0.373. The first-order valence-electron chi connectivity index (χ1n) is 4.96. The first kappa shape index (κ1) is 14.4. The van der Waals surface area contributed by atoms with Crippen molar-refractivity contribution in [3.8, 4) is 0 Å². The van der Waals surface area contributed by atoms with Crippen LogP contribution in [0, 0.1) is 0 Å². The summed E-state index contributed by atoms with van der Waals surface area (Å²) in [4.78, 5) is 32.2. The minimum atomic E-state index is -1.12. The Bertz CT molecular complexity index is 255. The number of rotatable bonds is 8. The predicted molar refractivity (Wildman–Crippen MR) is 56.8 cm³/mol. The van der Waals surface area contributed by atoms with Crippen LogP contribution in [0.1, 0.15) is 12.8 Å². The molecular formula is C9H17N3O4. The zero-order valence-corrected chi connectivity index (χ0v) is 9.21. The smallest absolute Gasteiger partial charge is 0.322 e. The van der Waals surface area contributed by atoms with Crippen molar-refractivity contribution < 1.29 is 19.5 Å². The Balaban J connectivity index is 3.51. The summed E-state index contributed by atoms with van der Waals surface area (Å²) in [5.74, 6) is -1.85. The number of carbonyl (C=O) groups excluding carboxylic acids is 2. The summed E-state index contributed by atoms with van der Waals surface area (Å²) >= 11 is 0. The molecule has 0 aliphatic heterocycles. The van der Waals surface area contributed by atoms with Gasteiger partial charge in [0.25, 0.3) is 0 Å². The molecule has 0 saturated carbocycles. The molecule has 7 nitrogen and oxygen atoms in total. The van der Waals surface area contributed by atoms with E-state index in [1.165, 1.54) is 0 Å². The van der Waals surface area contributed by atoms with E-state index in [0.717, 1.165) is 6.54 Å². The van der Waals surface area contributed by atoms with Gasteiger partial charge in [0.2, 0.25) is 11.8 Å². The summed E-state index contributed by atoms with van der Waals surface area (Å²) in [7, 11) is 1.79. The third kappa shape index (κ3) is 8.95. The Kier molecular flexibility index (Phi) is 7.78. The van der Waals surface area contributed by atoms with Gasteiger partial charge in [-0.3, -0.25) is 14.4 Å². The van der Waals surface area contributed by atoms with Crippen LogP contribution in [0.3, 0.4) is 0 Å². The Morgan fingerprint density at radius 2 is 1.69 bits per heavy atom. The average molecular weight is 231 g/mol. The van der Waals surface area contributed by atoms with Gasteiger partial charge in [0.05, 0.1) is 6.54 Å². The predicted octanol–water partition coefficient (Wildman–Crippen LogP) is -1.70. The van der Waals surface area contributed by atoms with Crippen molar-refractivity contribution in [1.29, 1.82) is 0 Å². The van der Waals surface area contributed by atoms with Crippen molar-refractivity contribution >= 4 is 17.8 Å². The number of carbonyl (C=O) groups is 3. The standard InChI is InChI=1S/C9H17N3O4/c1-10-4-2-3-7(13)11-5-8(14)12-6-9(15)16/h10H,2-6H2,1H3,(H,11,13)(H,12,14)(H,15,16). The van der Waals surface area contributed by atoms with Crippen molar-refractivity contribution in [2.45, 2.75) is 12.8 Å². The second-order valence-electron chi connectivity index (χ2n) is 3.15. The van der Waals surface area contributed by atoms with Crippen LogP contribution >= 0.6 is 0 Å². The molecule has 0 aliphatic carbocycles. The average Bonchev–Trinajstić information content (AvgIpc) is 2.24. The number of nitrogens with one attached hydrogen (secondary N) is 3. The van der Waals surface area contributed by atoms with Crippen molar-refractivity contribution in [2.75, 3.05) is 26.7 Å². The third-order valence-electron chi connectivity index (χ3n) is 1.71. The van der Waals surface area contributed by atoms with Gasteiger partial charge in [-0.2, -0.15) is 0 Å². The maximum Gasteiger partial charge on any atom is 0.322 e. The molecular weight excluding hydrogens is 214 g/mol. The molecule has 0 fully saturated rings. The molecule has 0 saturated heterocycles. The summed E-state index contributed by atoms with van der Waals surface area (Å²) in [5.41, 5.74) is 0. The Morgan fingerprint density at radius 1 is 1.06 bits per heavy atom. The number of hydrogen-bond acceptors (Lipinski definition) is 4. The SMILES string of the molecule is CNCCCC(=O)NCC(=O)NCC(=O)O. The van der Waals surface area contributed by atoms with Crippen LogP contribution in [0.4, 0.5) is 0 Å². The van der Waals surface area contributed by atoms with Crippen molar-refractivity contribution in [3.05, 3.63) is 0 Å². The van der Waals surface area contributed by atoms with Crippen LogP contribution < -0.4 is 16.0 Å². The lowest BCUT2D eigenvalue weighted by Crippen LogP contribution is -2.39. The number of carboxylic acids is 1. The van der Waals surface area contributed by atoms with Crippen LogP contribution in [0.15, 0.2) is 0 Å². The van der Waals surface area contributed by atoms with E-state index in [4.69, 9.17) is 5.11 Å². The summed E-state index contributed by atoms with van der Waals surface area (Å²) < 4.78 is 0. The molecule has 2 amide bonds. The van der Waals surface area contributed by atoms with Gasteiger partial charge in [-0.15, -0.1) is 0 Å². The van der Waals surface area contributed by atoms with E-state index in [2.05, 4.69) is 16.0 Å². The summed E-state index contributed by atoms with van der Waals surface area (Å²) in [6, 6.07) is 0. The molecule has 0 aromatic rings. The normalized spacial score (nSPS) is 9.56. The number of aliphatic carboxylic acids is 1. The van der Waals surface area contributed by atoms with Gasteiger partial charge in [-0.05, 0) is 20.0 Å². The monoisotopic (exact) mass is 231 g/mol. The Labute approximate surface area is 93.6 Å². The molecule has 0 aliphatic rings. The van der Waals surface area contributed by atoms with E-state index < -0.39 is 18.4 Å². The van der Waals surface area contributed by atoms with Gasteiger partial charge in [0.1, 0.15) is 6.54 Å². The number of amides is 2. The molecule has 0 heterocycles. The van der Waals surface area contributed by atoms with Gasteiger partial charge >= 0.3 is 5.97 Å². The maximum absolute atomic E-state index is 11.1. The lowest BCUT2D eigenvalue weighted by Gasteiger charge is -2.05. The minimum absolute atomic E-state index is 0.189. The van der Waals surface area contributed by atoms with Crippen molar-refractivity contribution in [2.24, 2.45) is 0 Å². The van der Waals surface area contributed by atoms with Gasteiger partial charge < -0.3 is 21.1 Å². The van der Waals surface area contributed by atoms with Crippen LogP contribution in [0.5, 0.6) is 0 Å². The van der Waals surface area contributed by atoms with Crippen LogP contribution in [-0.2, 0) is 14.4 Å². The summed E-state index contributed by atoms with van der Waals surface area (Å²) in [6.45, 7) is 0.110. The molecule has 0 spiro atoms. The fourth-order valence-electron chi connectivity index (χ4n) is 0.930. The lowest BCUT2D eigenvalue weighted by atomic mass is 10.3. The molecule has 0 aromatic heterocycles. The zero-order valence-electron chi connectivity index (χ0n) is 9.21. The van der Waals surface area contributed by atoms with E-state index >= 15 is 0 Å². The van der Waals surface area contributed by atoms with E-state index in [-0.39, 0.29) is 12.5 Å². The topological polar surface area (TPSA) is 108 Å². The highest BCUT2D eigenvalue weighted by Crippen LogP contribution is 1.85. The van der Waals surface area contributed by atoms with Crippen LogP contribution in [0.2, 0.25) is 0 Å². The van der Waals surface area contributed by atoms with Gasteiger partial charge in [0, 0.05) is 6.42 Å². The minimum Gasteiger partial charge on any atom is -0.480 e. The van der Waals surface area contributed by atoms with E-state index in [0.29, 0.717) is 12.8 Å². The molecule has 4 N–H and O–H groups in total. The van der Waals surface area contributed by atoms with Crippen molar-refractivity contribution in [3.63, 3.8) is 0 Å². The summed E-state index contributed by atoms with van der Waals surface area (Å²) in [5, 5.41) is 15.7. The second kappa shape index (κ2) is 8.66. The molecule has 0 bridgehead atoms. The molecule has 16 heavy (non-hydrogen) atoms. The second-order valence-corrected chi connectivity index (χ2v) is 3.15. The molecule has 0 atom stereocenters. The van der Waals surface area contributed by atoms with Crippen molar-refractivity contribution in [1.82, 2.24) is 16.0 Å². The largest absolute Gasteiger partial charge is 0.480 e. The first-order valence-corrected chi connectivity index (χ1v) is 4.96. The summed E-state index contributed by atoms with van der Waals surface area (Å²) in [6.07, 6.45) is 1.03. The highest BCUT2D eigenvalue weighted by molar-refractivity contribution is 5.86. The van der Waals surface area contributed by atoms with Crippen LogP contribution in [0.25, 0.3) is 0 Å². The fourth-order valence-corrected chi connectivity index (χ4v) is 0.930. The van der Waals surface area contributed by atoms with E-state index in [1.54, 1.807) is 7.05 Å². The lowest BCUT2D eigenvalue weighted by molar-refractivity contribution is -0.137. The molecule has 0 radical (unpaired) electrons. The highest BCUT2D eigenvalue weighted by atomic mass is 16.4. The van der Waals surface area contributed by atoms with Crippen LogP contribution in [-0.4, -0.2) is 49.6 Å². The zero-order chi connectivity index (χ0) is 12.4. The molecule has 0 aromatic carbocycles. The molecule has 0 rings (SSSR count). The highest BCUT2D eigenvalue weighted by Gasteiger charge is 2.06. The van der Waals surface area contributed by atoms with Gasteiger partial charge in [0.15, 0.2) is 0 Å². The molecule has 7 heteroatoms. The van der Waals surface area contributed by atoms with E-state index in [9.17, 15) is 14.4 Å². The van der Waals surface area contributed by atoms with E-state index in [1.807, 2.05) is 0 Å². The first-order chi connectivity index (χ1) is 7.56. The Hall–Kier alpha value is -1.63. The van der Waals surface area contributed by atoms with Gasteiger partial charge in [-0.1, -0.05) is 0 Å². The fraction of sp³-hybridized carbons (Fsp3) is 0.667. The van der Waals surface area contributed by atoms with Gasteiger partial charge in [-0.25, -0.2) is 0 Å².